The van der Waals surface area contributed by atoms with Gasteiger partial charge >= 0.3 is 0 Å². The number of benzene rings is 1. The number of aryl methyl sites for hydroxylation is 1. The smallest absolute Gasteiger partial charge is 0.160 e. The zero-order valence-corrected chi connectivity index (χ0v) is 8.38. The Kier molecular flexibility index (Phi) is 2.63. The van der Waals surface area contributed by atoms with Crippen LogP contribution < -0.4 is 0 Å². The first-order chi connectivity index (χ1) is 7.72. The summed E-state index contributed by atoms with van der Waals surface area (Å²) in [6, 6.07) is 5.50. The van der Waals surface area contributed by atoms with Gasteiger partial charge in [0, 0.05) is 5.56 Å². The Morgan fingerprint density at radius 3 is 2.50 bits per heavy atom. The summed E-state index contributed by atoms with van der Waals surface area (Å²) in [4.78, 5) is 0. The van der Waals surface area contributed by atoms with E-state index in [-0.39, 0.29) is 11.5 Å². The molecule has 0 spiro atoms. The fourth-order valence-electron chi connectivity index (χ4n) is 1.30. The molecule has 5 nitrogen and oxygen atoms in total. The third-order valence-corrected chi connectivity index (χ3v) is 2.09. The third kappa shape index (κ3) is 1.77. The molecule has 0 atom stereocenters. The van der Waals surface area contributed by atoms with E-state index < -0.39 is 0 Å². The molecule has 1 aromatic carbocycles. The molecule has 0 amide bonds. The fraction of sp³-hybridized carbons (Fsp3) is 0.100. The summed E-state index contributed by atoms with van der Waals surface area (Å²) in [5, 5.41) is 19.2. The molecule has 0 fully saturated rings. The molecule has 0 aliphatic carbocycles. The quantitative estimate of drug-likeness (QED) is 0.476. The molecule has 0 unspecified atom stereocenters. The van der Waals surface area contributed by atoms with Crippen LogP contribution in [0.1, 0.15) is 17.0 Å². The van der Waals surface area contributed by atoms with E-state index in [4.69, 9.17) is 5.21 Å². The molecule has 1 aromatic heterocycles. The van der Waals surface area contributed by atoms with E-state index in [9.17, 15) is 4.39 Å². The minimum atomic E-state index is -0.365. The molecule has 16 heavy (non-hydrogen) atoms. The molecule has 2 rings (SSSR count). The summed E-state index contributed by atoms with van der Waals surface area (Å²) in [5.74, 6) is -0.365. The molecule has 6 heteroatoms. The van der Waals surface area contributed by atoms with Crippen LogP contribution in [-0.4, -0.2) is 21.2 Å². The largest absolute Gasteiger partial charge is 0.410 e. The summed E-state index contributed by atoms with van der Waals surface area (Å²) in [6.07, 6.45) is 0. The summed E-state index contributed by atoms with van der Waals surface area (Å²) in [5.41, 5.74) is 1.55. The lowest BCUT2D eigenvalue weighted by Crippen LogP contribution is -2.05. The van der Waals surface area contributed by atoms with Crippen molar-refractivity contribution in [3.05, 3.63) is 47.0 Å². The van der Waals surface area contributed by atoms with Gasteiger partial charge in [-0.1, -0.05) is 10.3 Å². The Hall–Kier alpha value is -2.24. The first-order valence-electron chi connectivity index (χ1n) is 4.50. The minimum absolute atomic E-state index is 0.193. The fourth-order valence-corrected chi connectivity index (χ4v) is 1.30. The first-order valence-corrected chi connectivity index (χ1v) is 4.50. The molecule has 0 radical (unpaired) electrons. The number of halogens is 1. The number of nitrogens with zero attached hydrogens (tertiary/aromatic N) is 3. The van der Waals surface area contributed by atoms with Crippen molar-refractivity contribution >= 4 is 5.71 Å². The maximum Gasteiger partial charge on any atom is 0.160 e. The number of rotatable bonds is 2. The van der Waals surface area contributed by atoms with Gasteiger partial charge in [-0.15, -0.1) is 0 Å². The van der Waals surface area contributed by atoms with Gasteiger partial charge in [-0.2, -0.15) is 0 Å². The predicted octanol–water partition coefficient (Wildman–Crippen LogP) is 1.74. The highest BCUT2D eigenvalue weighted by atomic mass is 19.1. The normalized spacial score (nSPS) is 11.8. The Bertz CT molecular complexity index is 519. The Morgan fingerprint density at radius 1 is 1.31 bits per heavy atom. The Labute approximate surface area is 90.2 Å². The van der Waals surface area contributed by atoms with Gasteiger partial charge in [-0.05, 0) is 36.3 Å². The second kappa shape index (κ2) is 4.09. The minimum Gasteiger partial charge on any atom is -0.410 e. The van der Waals surface area contributed by atoms with Crippen molar-refractivity contribution in [3.63, 3.8) is 0 Å². The number of oxime groups is 1. The van der Waals surface area contributed by atoms with Gasteiger partial charge in [0.15, 0.2) is 5.69 Å². The van der Waals surface area contributed by atoms with Crippen LogP contribution in [0, 0.1) is 12.7 Å². The highest BCUT2D eigenvalue weighted by Gasteiger charge is 2.15. The number of hydrogen-bond acceptors (Lipinski definition) is 5. The molecule has 1 N–H and O–H groups in total. The van der Waals surface area contributed by atoms with Gasteiger partial charge in [0.05, 0.1) is 0 Å². The molecule has 82 valence electrons. The molecule has 1 heterocycles. The monoisotopic (exact) mass is 221 g/mol. The second-order valence-corrected chi connectivity index (χ2v) is 3.15. The topological polar surface area (TPSA) is 71.5 Å². The summed E-state index contributed by atoms with van der Waals surface area (Å²) < 4.78 is 17.2. The van der Waals surface area contributed by atoms with E-state index in [0.717, 1.165) is 0 Å². The van der Waals surface area contributed by atoms with Crippen LogP contribution in [0.4, 0.5) is 4.39 Å². The van der Waals surface area contributed by atoms with Crippen molar-refractivity contribution in [2.24, 2.45) is 5.16 Å². The molecule has 0 bridgehead atoms. The summed E-state index contributed by atoms with van der Waals surface area (Å²) in [6.45, 7) is 1.67. The van der Waals surface area contributed by atoms with E-state index >= 15 is 0 Å². The van der Waals surface area contributed by atoms with Crippen LogP contribution in [0.25, 0.3) is 0 Å². The average Bonchev–Trinajstić information content (AvgIpc) is 2.69. The van der Waals surface area contributed by atoms with Crippen molar-refractivity contribution in [2.75, 3.05) is 0 Å². The zero-order valence-electron chi connectivity index (χ0n) is 8.38. The lowest BCUT2D eigenvalue weighted by atomic mass is 10.1. The third-order valence-electron chi connectivity index (χ3n) is 2.09. The van der Waals surface area contributed by atoms with Crippen molar-refractivity contribution in [3.8, 4) is 0 Å². The van der Waals surface area contributed by atoms with Crippen molar-refractivity contribution < 1.29 is 14.2 Å². The first kappa shape index (κ1) is 10.3. The molecule has 2 aromatic rings. The maximum absolute atomic E-state index is 12.7. The van der Waals surface area contributed by atoms with Gasteiger partial charge in [0.1, 0.15) is 17.2 Å². The zero-order chi connectivity index (χ0) is 11.5. The Morgan fingerprint density at radius 2 is 2.00 bits per heavy atom. The molecule has 0 aliphatic heterocycles. The van der Waals surface area contributed by atoms with E-state index in [0.29, 0.717) is 17.0 Å². The van der Waals surface area contributed by atoms with Gasteiger partial charge in [0.25, 0.3) is 0 Å². The summed E-state index contributed by atoms with van der Waals surface area (Å²) in [7, 11) is 0. The van der Waals surface area contributed by atoms with Crippen LogP contribution in [0.3, 0.4) is 0 Å². The van der Waals surface area contributed by atoms with E-state index in [1.807, 2.05) is 0 Å². The Balaban J connectivity index is 2.46. The molecule has 0 aliphatic rings. The molecule has 0 saturated carbocycles. The van der Waals surface area contributed by atoms with Crippen molar-refractivity contribution in [1.29, 1.82) is 0 Å². The molecule has 0 saturated heterocycles. The number of aromatic nitrogens is 2. The van der Waals surface area contributed by atoms with Crippen LogP contribution in [0.5, 0.6) is 0 Å². The highest BCUT2D eigenvalue weighted by molar-refractivity contribution is 6.11. The van der Waals surface area contributed by atoms with Crippen LogP contribution >= 0.6 is 0 Å². The highest BCUT2D eigenvalue weighted by Crippen LogP contribution is 2.12. The van der Waals surface area contributed by atoms with Crippen LogP contribution in [-0.2, 0) is 0 Å². The van der Waals surface area contributed by atoms with Gasteiger partial charge in [0.2, 0.25) is 0 Å². The van der Waals surface area contributed by atoms with E-state index in [2.05, 4.69) is 20.1 Å². The van der Waals surface area contributed by atoms with Gasteiger partial charge in [-0.25, -0.2) is 9.02 Å². The van der Waals surface area contributed by atoms with E-state index in [1.165, 1.54) is 24.3 Å². The van der Waals surface area contributed by atoms with Gasteiger partial charge < -0.3 is 5.21 Å². The maximum atomic E-state index is 12.7. The SMILES string of the molecule is Cc1nonc1C(=NO)c1ccc(F)cc1. The van der Waals surface area contributed by atoms with Crippen LogP contribution in [0.15, 0.2) is 34.1 Å². The lowest BCUT2D eigenvalue weighted by molar-refractivity contribution is 0.302. The predicted molar refractivity (Wildman–Crippen MR) is 52.9 cm³/mol. The van der Waals surface area contributed by atoms with E-state index in [1.54, 1.807) is 6.92 Å². The standard InChI is InChI=1S/C10H8FN3O2/c1-6-9(14-16-13-6)10(12-15)7-2-4-8(11)5-3-7/h2-5,15H,1H3. The summed E-state index contributed by atoms with van der Waals surface area (Å²) >= 11 is 0. The molecular formula is C10H8FN3O2. The average molecular weight is 221 g/mol. The van der Waals surface area contributed by atoms with Crippen LogP contribution in [0.2, 0.25) is 0 Å². The molecular weight excluding hydrogens is 213 g/mol. The number of hydrogen-bond donors (Lipinski definition) is 1. The van der Waals surface area contributed by atoms with Gasteiger partial charge in [-0.3, -0.25) is 0 Å². The second-order valence-electron chi connectivity index (χ2n) is 3.15. The lowest BCUT2D eigenvalue weighted by Gasteiger charge is -2.00. The van der Waals surface area contributed by atoms with Crippen molar-refractivity contribution in [2.45, 2.75) is 6.92 Å². The van der Waals surface area contributed by atoms with Crippen molar-refractivity contribution in [1.82, 2.24) is 10.3 Å².